The molecule has 2 amide bonds. The molecule has 8 nitrogen and oxygen atoms in total. The summed E-state index contributed by atoms with van der Waals surface area (Å²) in [6.07, 6.45) is -1.11. The van der Waals surface area contributed by atoms with Gasteiger partial charge in [-0.3, -0.25) is 24.4 Å². The minimum absolute atomic E-state index is 0.199. The highest BCUT2D eigenvalue weighted by Gasteiger charge is 2.32. The van der Waals surface area contributed by atoms with Crippen LogP contribution in [0.1, 0.15) is 12.5 Å². The number of fused-ring (bicyclic) bond motifs is 1. The van der Waals surface area contributed by atoms with E-state index in [2.05, 4.69) is 9.89 Å². The number of anilines is 2. The Hall–Kier alpha value is -3.14. The predicted octanol–water partition coefficient (Wildman–Crippen LogP) is 1.63. The molecule has 4 rings (SSSR count). The van der Waals surface area contributed by atoms with Crippen LogP contribution in [0.25, 0.3) is 0 Å². The number of carbonyl (C=O) groups excluding carboxylic acids is 2. The van der Waals surface area contributed by atoms with E-state index in [0.29, 0.717) is 43.4 Å². The maximum Gasteiger partial charge on any atom is 0.266 e. The molecule has 0 radical (unpaired) electrons. The van der Waals surface area contributed by atoms with Gasteiger partial charge in [0.1, 0.15) is 12.4 Å². The average Bonchev–Trinajstić information content (AvgIpc) is 2.92. The van der Waals surface area contributed by atoms with Crippen molar-refractivity contribution >= 4 is 28.9 Å². The van der Waals surface area contributed by atoms with Gasteiger partial charge in [-0.2, -0.15) is 0 Å². The van der Waals surface area contributed by atoms with Crippen molar-refractivity contribution in [1.29, 1.82) is 0 Å². The number of para-hydroxylation sites is 1. The van der Waals surface area contributed by atoms with Gasteiger partial charge in [0.05, 0.1) is 24.6 Å². The minimum Gasteiger partial charge on any atom is -0.379 e. The van der Waals surface area contributed by atoms with Gasteiger partial charge in [-0.15, -0.1) is 0 Å². The van der Waals surface area contributed by atoms with Crippen LogP contribution in [0, 0.1) is 5.82 Å². The Morgan fingerprint density at radius 3 is 2.58 bits per heavy atom. The SMILES string of the molecule is CCN(C(=O)CN1C(=O)C(N)N=C(CN2CCOCC2)c2ccccc21)c1ccc(F)cc1. The van der Waals surface area contributed by atoms with Crippen molar-refractivity contribution < 1.29 is 18.7 Å². The molecule has 0 aromatic heterocycles. The molecular weight excluding hydrogens is 425 g/mol. The normalized spacial score (nSPS) is 19.0. The molecule has 2 aliphatic heterocycles. The van der Waals surface area contributed by atoms with E-state index in [1.54, 1.807) is 12.1 Å². The fourth-order valence-electron chi connectivity index (χ4n) is 4.13. The summed E-state index contributed by atoms with van der Waals surface area (Å²) in [5, 5.41) is 0. The number of amides is 2. The highest BCUT2D eigenvalue weighted by molar-refractivity contribution is 6.15. The van der Waals surface area contributed by atoms with Gasteiger partial charge in [-0.25, -0.2) is 4.39 Å². The molecule has 1 atom stereocenters. The molecular formula is C24H28FN5O3. The zero-order valence-electron chi connectivity index (χ0n) is 18.6. The van der Waals surface area contributed by atoms with Crippen LogP contribution in [-0.4, -0.2) is 74.5 Å². The van der Waals surface area contributed by atoms with Crippen molar-refractivity contribution in [3.05, 3.63) is 59.9 Å². The lowest BCUT2D eigenvalue weighted by atomic mass is 10.1. The quantitative estimate of drug-likeness (QED) is 0.718. The second-order valence-corrected chi connectivity index (χ2v) is 7.97. The van der Waals surface area contributed by atoms with Gasteiger partial charge >= 0.3 is 0 Å². The summed E-state index contributed by atoms with van der Waals surface area (Å²) >= 11 is 0. The number of nitrogens with two attached hydrogens (primary N) is 1. The van der Waals surface area contributed by atoms with Crippen LogP contribution in [0.5, 0.6) is 0 Å². The van der Waals surface area contributed by atoms with E-state index in [0.717, 1.165) is 18.7 Å². The number of halogens is 1. The third-order valence-corrected chi connectivity index (χ3v) is 5.85. The van der Waals surface area contributed by atoms with Gasteiger partial charge in [0.2, 0.25) is 5.91 Å². The Kier molecular flexibility index (Phi) is 7.12. The third-order valence-electron chi connectivity index (χ3n) is 5.85. The fourth-order valence-corrected chi connectivity index (χ4v) is 4.13. The smallest absolute Gasteiger partial charge is 0.266 e. The summed E-state index contributed by atoms with van der Waals surface area (Å²) < 4.78 is 18.8. The van der Waals surface area contributed by atoms with E-state index in [-0.39, 0.29) is 18.3 Å². The van der Waals surface area contributed by atoms with Gasteiger partial charge < -0.3 is 15.4 Å². The van der Waals surface area contributed by atoms with Gasteiger partial charge in [0.15, 0.2) is 6.17 Å². The van der Waals surface area contributed by atoms with Gasteiger partial charge in [0.25, 0.3) is 5.91 Å². The summed E-state index contributed by atoms with van der Waals surface area (Å²) in [4.78, 5) is 36.1. The number of carbonyl (C=O) groups is 2. The molecule has 1 fully saturated rings. The zero-order chi connectivity index (χ0) is 23.4. The monoisotopic (exact) mass is 453 g/mol. The number of benzodiazepines with no additional fused rings is 1. The number of aliphatic imine (C=N–C) groups is 1. The van der Waals surface area contributed by atoms with Crippen LogP contribution in [0.4, 0.5) is 15.8 Å². The average molecular weight is 454 g/mol. The van der Waals surface area contributed by atoms with E-state index < -0.39 is 12.1 Å². The number of hydrogen-bond acceptors (Lipinski definition) is 6. The first-order chi connectivity index (χ1) is 16.0. The Balaban J connectivity index is 1.62. The summed E-state index contributed by atoms with van der Waals surface area (Å²) in [7, 11) is 0. The second kappa shape index (κ2) is 10.2. The van der Waals surface area contributed by atoms with E-state index in [1.807, 2.05) is 31.2 Å². The molecule has 2 aromatic carbocycles. The van der Waals surface area contributed by atoms with Crippen LogP contribution in [-0.2, 0) is 14.3 Å². The van der Waals surface area contributed by atoms with E-state index in [4.69, 9.17) is 10.5 Å². The number of ether oxygens (including phenoxy) is 1. The molecule has 1 saturated heterocycles. The van der Waals surface area contributed by atoms with Crippen molar-refractivity contribution in [3.63, 3.8) is 0 Å². The Labute approximate surface area is 192 Å². The summed E-state index contributed by atoms with van der Waals surface area (Å²) in [6.45, 7) is 5.39. The Morgan fingerprint density at radius 2 is 1.88 bits per heavy atom. The van der Waals surface area contributed by atoms with E-state index >= 15 is 0 Å². The van der Waals surface area contributed by atoms with Crippen LogP contribution in [0.2, 0.25) is 0 Å². The van der Waals surface area contributed by atoms with Gasteiger partial charge in [-0.05, 0) is 37.3 Å². The number of nitrogens with zero attached hydrogens (tertiary/aromatic N) is 4. The molecule has 2 N–H and O–H groups in total. The van der Waals surface area contributed by atoms with Crippen LogP contribution in [0.3, 0.4) is 0 Å². The van der Waals surface area contributed by atoms with Crippen molar-refractivity contribution in [3.8, 4) is 0 Å². The second-order valence-electron chi connectivity index (χ2n) is 7.97. The maximum absolute atomic E-state index is 13.3. The van der Waals surface area contributed by atoms with Gasteiger partial charge in [0, 0.05) is 37.4 Å². The molecule has 2 aliphatic rings. The molecule has 2 aromatic rings. The lowest BCUT2D eigenvalue weighted by molar-refractivity contribution is -0.123. The molecule has 33 heavy (non-hydrogen) atoms. The first-order valence-corrected chi connectivity index (χ1v) is 11.1. The fraction of sp³-hybridized carbons (Fsp3) is 0.375. The van der Waals surface area contributed by atoms with Crippen molar-refractivity contribution in [2.45, 2.75) is 13.1 Å². The minimum atomic E-state index is -1.11. The third kappa shape index (κ3) is 5.11. The zero-order valence-corrected chi connectivity index (χ0v) is 18.6. The first-order valence-electron chi connectivity index (χ1n) is 11.1. The topological polar surface area (TPSA) is 91.5 Å². The highest BCUT2D eigenvalue weighted by atomic mass is 19.1. The largest absolute Gasteiger partial charge is 0.379 e. The van der Waals surface area contributed by atoms with Crippen molar-refractivity contribution in [2.24, 2.45) is 10.7 Å². The summed E-state index contributed by atoms with van der Waals surface area (Å²) in [5.74, 6) is -1.12. The Morgan fingerprint density at radius 1 is 1.18 bits per heavy atom. The molecule has 0 saturated carbocycles. The number of likely N-dealkylation sites (N-methyl/N-ethyl adjacent to an activating group) is 1. The van der Waals surface area contributed by atoms with Crippen molar-refractivity contribution in [2.75, 3.05) is 55.7 Å². The summed E-state index contributed by atoms with van der Waals surface area (Å²) in [6, 6.07) is 13.1. The van der Waals surface area contributed by atoms with Gasteiger partial charge in [-0.1, -0.05) is 18.2 Å². The van der Waals surface area contributed by atoms with E-state index in [9.17, 15) is 14.0 Å². The molecule has 1 unspecified atom stereocenters. The highest BCUT2D eigenvalue weighted by Crippen LogP contribution is 2.26. The van der Waals surface area contributed by atoms with Crippen LogP contribution >= 0.6 is 0 Å². The number of morpholine rings is 1. The molecule has 9 heteroatoms. The van der Waals surface area contributed by atoms with Crippen LogP contribution < -0.4 is 15.5 Å². The summed E-state index contributed by atoms with van der Waals surface area (Å²) in [5.41, 5.74) is 8.83. The van der Waals surface area contributed by atoms with E-state index in [1.165, 1.54) is 21.9 Å². The molecule has 0 aliphatic carbocycles. The number of rotatable bonds is 6. The Bertz CT molecular complexity index is 1040. The lowest BCUT2D eigenvalue weighted by Gasteiger charge is -2.28. The van der Waals surface area contributed by atoms with Crippen molar-refractivity contribution in [1.82, 2.24) is 4.90 Å². The standard InChI is InChI=1S/C24H28FN5O3/c1-2-29(18-9-7-17(25)8-10-18)22(31)16-30-21-6-4-3-5-19(21)20(27-23(26)24(30)32)15-28-11-13-33-14-12-28/h3-10,23H,2,11-16,26H2,1H3. The first kappa shape index (κ1) is 23.0. The molecule has 174 valence electrons. The molecule has 0 bridgehead atoms. The molecule has 2 heterocycles. The maximum atomic E-state index is 13.3. The lowest BCUT2D eigenvalue weighted by Crippen LogP contribution is -2.48. The van der Waals surface area contributed by atoms with Crippen LogP contribution in [0.15, 0.2) is 53.5 Å². The molecule has 0 spiro atoms. The number of benzene rings is 2. The number of hydrogen-bond donors (Lipinski definition) is 1. The predicted molar refractivity (Wildman–Crippen MR) is 125 cm³/mol.